The predicted molar refractivity (Wildman–Crippen MR) is 101 cm³/mol. The van der Waals surface area contributed by atoms with Crippen molar-refractivity contribution in [3.8, 4) is 11.5 Å². The molecule has 2 aliphatic rings. The van der Waals surface area contributed by atoms with Gasteiger partial charge in [-0.05, 0) is 36.6 Å². The Morgan fingerprint density at radius 2 is 1.93 bits per heavy atom. The molecule has 0 N–H and O–H groups in total. The highest BCUT2D eigenvalue weighted by Crippen LogP contribution is 2.44. The summed E-state index contributed by atoms with van der Waals surface area (Å²) in [6, 6.07) is 9.94. The molecule has 1 fully saturated rings. The first-order valence-electron chi connectivity index (χ1n) is 9.38. The topological polar surface area (TPSA) is 46.8 Å². The summed E-state index contributed by atoms with van der Waals surface area (Å²) in [5, 5.41) is 8.52. The standard InChI is InChI=1S/C20H17ClF3N5/c21-17-12(4-3-5-14(17)20(22,23)24)10-28-13-7-8-16(28)19-27-26-18(29(19)11-13)15-6-1-2-9-25-15/h1-6,9,13,16H,7-8,10-11H2/t13-,16+/m0/s1. The van der Waals surface area contributed by atoms with Gasteiger partial charge in [0.25, 0.3) is 0 Å². The lowest BCUT2D eigenvalue weighted by Crippen LogP contribution is -2.40. The van der Waals surface area contributed by atoms with Crippen LogP contribution in [-0.2, 0) is 19.3 Å². The minimum atomic E-state index is -4.47. The van der Waals surface area contributed by atoms with Gasteiger partial charge in [-0.2, -0.15) is 13.2 Å². The van der Waals surface area contributed by atoms with Crippen molar-refractivity contribution in [1.29, 1.82) is 0 Å². The molecule has 3 aromatic rings. The number of benzene rings is 1. The van der Waals surface area contributed by atoms with Gasteiger partial charge in [-0.1, -0.05) is 29.8 Å². The van der Waals surface area contributed by atoms with Crippen molar-refractivity contribution >= 4 is 11.6 Å². The summed E-state index contributed by atoms with van der Waals surface area (Å²) in [5.41, 5.74) is 0.456. The summed E-state index contributed by atoms with van der Waals surface area (Å²) in [4.78, 5) is 6.57. The molecular formula is C20H17ClF3N5. The zero-order valence-corrected chi connectivity index (χ0v) is 16.0. The molecule has 0 unspecified atom stereocenters. The van der Waals surface area contributed by atoms with Gasteiger partial charge in [0.2, 0.25) is 0 Å². The van der Waals surface area contributed by atoms with Crippen LogP contribution in [0.4, 0.5) is 13.2 Å². The van der Waals surface area contributed by atoms with E-state index in [0.29, 0.717) is 18.7 Å². The van der Waals surface area contributed by atoms with E-state index in [1.807, 2.05) is 18.2 Å². The molecule has 2 aliphatic heterocycles. The van der Waals surface area contributed by atoms with Gasteiger partial charge in [-0.3, -0.25) is 9.88 Å². The van der Waals surface area contributed by atoms with Crippen LogP contribution in [0.1, 0.15) is 35.8 Å². The molecule has 2 bridgehead atoms. The maximum Gasteiger partial charge on any atom is 0.417 e. The van der Waals surface area contributed by atoms with E-state index in [2.05, 4.69) is 24.6 Å². The lowest BCUT2D eigenvalue weighted by molar-refractivity contribution is -0.137. The Morgan fingerprint density at radius 1 is 1.07 bits per heavy atom. The van der Waals surface area contributed by atoms with Crippen molar-refractivity contribution in [2.45, 2.75) is 44.2 Å². The molecule has 0 saturated carbocycles. The second kappa shape index (κ2) is 6.81. The van der Waals surface area contributed by atoms with E-state index >= 15 is 0 Å². The van der Waals surface area contributed by atoms with Crippen LogP contribution in [0, 0.1) is 0 Å². The monoisotopic (exact) mass is 419 g/mol. The fourth-order valence-electron chi connectivity index (χ4n) is 4.40. The van der Waals surface area contributed by atoms with Crippen molar-refractivity contribution < 1.29 is 13.2 Å². The third-order valence-electron chi connectivity index (χ3n) is 5.74. The Bertz CT molecular complexity index is 1050. The first-order valence-corrected chi connectivity index (χ1v) is 9.76. The Morgan fingerprint density at radius 3 is 2.69 bits per heavy atom. The molecule has 0 amide bonds. The Balaban J connectivity index is 1.47. The first kappa shape index (κ1) is 18.6. The van der Waals surface area contributed by atoms with Crippen LogP contribution in [0.25, 0.3) is 11.5 Å². The predicted octanol–water partition coefficient (Wildman–Crippen LogP) is 4.73. The summed E-state index contributed by atoms with van der Waals surface area (Å²) in [6.45, 7) is 1.03. The van der Waals surface area contributed by atoms with Crippen molar-refractivity contribution in [2.24, 2.45) is 0 Å². The summed E-state index contributed by atoms with van der Waals surface area (Å²) < 4.78 is 41.7. The Hall–Kier alpha value is -2.45. The quantitative estimate of drug-likeness (QED) is 0.615. The lowest BCUT2D eigenvalue weighted by atomic mass is 10.1. The Labute approximate surface area is 170 Å². The smallest absolute Gasteiger partial charge is 0.307 e. The minimum Gasteiger partial charge on any atom is -0.307 e. The van der Waals surface area contributed by atoms with Crippen LogP contribution in [0.15, 0.2) is 42.6 Å². The van der Waals surface area contributed by atoms with Crippen molar-refractivity contribution in [1.82, 2.24) is 24.6 Å². The van der Waals surface area contributed by atoms with Gasteiger partial charge in [-0.25, -0.2) is 0 Å². The van der Waals surface area contributed by atoms with Crippen LogP contribution in [0.5, 0.6) is 0 Å². The van der Waals surface area contributed by atoms with Gasteiger partial charge in [0.05, 0.1) is 16.6 Å². The highest BCUT2D eigenvalue weighted by molar-refractivity contribution is 6.32. The average Bonchev–Trinajstić information content (AvgIpc) is 3.24. The van der Waals surface area contributed by atoms with E-state index in [4.69, 9.17) is 11.6 Å². The van der Waals surface area contributed by atoms with Gasteiger partial charge in [-0.15, -0.1) is 10.2 Å². The Kier molecular flexibility index (Phi) is 4.36. The zero-order chi connectivity index (χ0) is 20.2. The highest BCUT2D eigenvalue weighted by atomic mass is 35.5. The third-order valence-corrected chi connectivity index (χ3v) is 6.19. The van der Waals surface area contributed by atoms with Crippen LogP contribution < -0.4 is 0 Å². The SMILES string of the molecule is FC(F)(F)c1cccc(CN2[C@H]3CC[C@@H]2c2nnc(-c4ccccn4)n2C3)c1Cl. The van der Waals surface area contributed by atoms with E-state index in [1.165, 1.54) is 6.07 Å². The minimum absolute atomic E-state index is 0.00400. The highest BCUT2D eigenvalue weighted by Gasteiger charge is 2.43. The number of hydrogen-bond acceptors (Lipinski definition) is 4. The van der Waals surface area contributed by atoms with Crippen LogP contribution in [-0.4, -0.2) is 30.7 Å². The molecule has 1 saturated heterocycles. The average molecular weight is 420 g/mol. The van der Waals surface area contributed by atoms with Gasteiger partial charge >= 0.3 is 6.18 Å². The first-order chi connectivity index (χ1) is 13.9. The molecule has 9 heteroatoms. The van der Waals surface area contributed by atoms with Crippen molar-refractivity contribution in [3.05, 3.63) is 64.6 Å². The summed E-state index contributed by atoms with van der Waals surface area (Å²) in [7, 11) is 0. The second-order valence-corrected chi connectivity index (χ2v) is 7.78. The van der Waals surface area contributed by atoms with Crippen LogP contribution in [0.3, 0.4) is 0 Å². The number of halogens is 4. The fourth-order valence-corrected chi connectivity index (χ4v) is 4.70. The summed E-state index contributed by atoms with van der Waals surface area (Å²) in [6.07, 6.45) is -0.907. The lowest BCUT2D eigenvalue weighted by Gasteiger charge is -2.35. The molecule has 2 atom stereocenters. The zero-order valence-electron chi connectivity index (χ0n) is 15.3. The van der Waals surface area contributed by atoms with E-state index in [0.717, 1.165) is 36.3 Å². The summed E-state index contributed by atoms with van der Waals surface area (Å²) >= 11 is 6.12. The third kappa shape index (κ3) is 3.11. The number of alkyl halides is 3. The number of aromatic nitrogens is 4. The molecule has 5 rings (SSSR count). The largest absolute Gasteiger partial charge is 0.417 e. The molecule has 0 radical (unpaired) electrons. The molecule has 150 valence electrons. The van der Waals surface area contributed by atoms with Gasteiger partial charge in [0, 0.05) is 25.3 Å². The van der Waals surface area contributed by atoms with Crippen molar-refractivity contribution in [3.63, 3.8) is 0 Å². The second-order valence-electron chi connectivity index (χ2n) is 7.40. The number of fused-ring (bicyclic) bond motifs is 4. The molecule has 4 heterocycles. The van der Waals surface area contributed by atoms with Gasteiger partial charge in [0.1, 0.15) is 5.69 Å². The molecule has 0 spiro atoms. The van der Waals surface area contributed by atoms with E-state index in [9.17, 15) is 13.2 Å². The molecule has 1 aromatic carbocycles. The van der Waals surface area contributed by atoms with Gasteiger partial charge < -0.3 is 4.57 Å². The molecular weight excluding hydrogens is 403 g/mol. The molecule has 2 aromatic heterocycles. The number of rotatable bonds is 3. The summed E-state index contributed by atoms with van der Waals surface area (Å²) in [5.74, 6) is 1.57. The number of pyridine rings is 1. The van der Waals surface area contributed by atoms with Crippen molar-refractivity contribution in [2.75, 3.05) is 0 Å². The molecule has 29 heavy (non-hydrogen) atoms. The van der Waals surface area contributed by atoms with E-state index in [-0.39, 0.29) is 17.1 Å². The van der Waals surface area contributed by atoms with Crippen LogP contribution >= 0.6 is 11.6 Å². The normalized spacial score (nSPS) is 21.4. The maximum absolute atomic E-state index is 13.2. The number of nitrogens with zero attached hydrogens (tertiary/aromatic N) is 5. The number of hydrogen-bond donors (Lipinski definition) is 0. The van der Waals surface area contributed by atoms with Crippen LogP contribution in [0.2, 0.25) is 5.02 Å². The van der Waals surface area contributed by atoms with Gasteiger partial charge in [0.15, 0.2) is 11.6 Å². The van der Waals surface area contributed by atoms with E-state index in [1.54, 1.807) is 12.3 Å². The molecule has 5 nitrogen and oxygen atoms in total. The maximum atomic E-state index is 13.2. The van der Waals surface area contributed by atoms with E-state index < -0.39 is 11.7 Å². The fraction of sp³-hybridized carbons (Fsp3) is 0.350. The molecule has 0 aliphatic carbocycles.